The minimum Gasteiger partial charge on any atom is -0.258 e. The fourth-order valence-electron chi connectivity index (χ4n) is 0.726. The lowest BCUT2D eigenvalue weighted by Gasteiger charge is -1.95. The number of nitro groups is 1. The number of nitrogens with zero attached hydrogens (tertiary/aromatic N) is 2. The Morgan fingerprint density at radius 3 is 2.82 bits per heavy atom. The summed E-state index contributed by atoms with van der Waals surface area (Å²) in [5, 5.41) is 10.9. The second kappa shape index (κ2) is 2.93. The van der Waals surface area contributed by atoms with Gasteiger partial charge in [-0.2, -0.15) is 0 Å². The van der Waals surface area contributed by atoms with Gasteiger partial charge in [0.1, 0.15) is 6.20 Å². The third-order valence-electron chi connectivity index (χ3n) is 1.25. The predicted octanol–water partition coefficient (Wildman–Crippen LogP) is 0.799. The average Bonchev–Trinajstić information content (AvgIpc) is 1.85. The van der Waals surface area contributed by atoms with Gasteiger partial charge in [0, 0.05) is 5.69 Å². The monoisotopic (exact) mass is 170 g/mol. The summed E-state index contributed by atoms with van der Waals surface area (Å²) in [4.78, 5) is 13.6. The molecule has 0 aliphatic heterocycles. The molecule has 0 aliphatic carbocycles. The van der Waals surface area contributed by atoms with E-state index < -0.39 is 4.92 Å². The van der Waals surface area contributed by atoms with Crippen LogP contribution in [0.2, 0.25) is 0 Å². The molecule has 1 unspecified atom stereocenters. The first-order chi connectivity index (χ1) is 5.11. The van der Waals surface area contributed by atoms with Crippen LogP contribution in [0.5, 0.6) is 0 Å². The lowest BCUT2D eigenvalue weighted by Crippen LogP contribution is -2.03. The molecule has 0 saturated heterocycles. The summed E-state index contributed by atoms with van der Waals surface area (Å²) in [6, 6.07) is 1.66. The Morgan fingerprint density at radius 1 is 1.73 bits per heavy atom. The molecular weight excluding hydrogens is 163 g/mol. The van der Waals surface area contributed by atoms with Crippen LogP contribution in [0.25, 0.3) is 0 Å². The zero-order chi connectivity index (χ0) is 8.43. The fraction of sp³-hybridized carbons (Fsp3) is 0.167. The molecule has 1 rings (SSSR count). The Kier molecular flexibility index (Phi) is 2.15. The molecule has 4 nitrogen and oxygen atoms in total. The first-order valence-corrected chi connectivity index (χ1v) is 3.55. The molecule has 58 valence electrons. The highest BCUT2D eigenvalue weighted by molar-refractivity contribution is 7.27. The van der Waals surface area contributed by atoms with Crippen LogP contribution in [0.15, 0.2) is 12.3 Å². The van der Waals surface area contributed by atoms with Gasteiger partial charge in [0.25, 0.3) is 5.69 Å². The zero-order valence-corrected chi connectivity index (χ0v) is 7.10. The van der Waals surface area contributed by atoms with Crippen LogP contribution in [0.4, 0.5) is 5.69 Å². The van der Waals surface area contributed by atoms with Crippen molar-refractivity contribution < 1.29 is 4.92 Å². The van der Waals surface area contributed by atoms with Crippen molar-refractivity contribution in [3.05, 3.63) is 28.1 Å². The third kappa shape index (κ3) is 1.71. The first-order valence-electron chi connectivity index (χ1n) is 2.98. The molecule has 5 heteroatoms. The van der Waals surface area contributed by atoms with Crippen molar-refractivity contribution in [2.75, 3.05) is 0 Å². The van der Waals surface area contributed by atoms with E-state index >= 15 is 0 Å². The van der Waals surface area contributed by atoms with E-state index in [9.17, 15) is 10.1 Å². The van der Waals surface area contributed by atoms with E-state index in [1.54, 1.807) is 13.0 Å². The predicted molar refractivity (Wildman–Crippen MR) is 45.0 cm³/mol. The highest BCUT2D eigenvalue weighted by Gasteiger charge is 2.09. The van der Waals surface area contributed by atoms with Crippen LogP contribution in [-0.2, 0) is 0 Å². The molecule has 1 heterocycles. The minimum absolute atomic E-state index is 0.0422. The largest absolute Gasteiger partial charge is 0.294 e. The second-order valence-electron chi connectivity index (χ2n) is 2.14. The van der Waals surface area contributed by atoms with E-state index in [2.05, 4.69) is 14.2 Å². The molecule has 0 aliphatic rings. The molecule has 0 radical (unpaired) electrons. The van der Waals surface area contributed by atoms with Gasteiger partial charge in [0.05, 0.1) is 10.2 Å². The van der Waals surface area contributed by atoms with Crippen molar-refractivity contribution in [3.63, 3.8) is 0 Å². The first kappa shape index (κ1) is 8.08. The second-order valence-corrected chi connectivity index (χ2v) is 2.76. The third-order valence-corrected chi connectivity index (χ3v) is 1.71. The van der Waals surface area contributed by atoms with Crippen LogP contribution < -0.4 is 5.30 Å². The standard InChI is InChI=1S/C6H7N2O2P/c1-4-2-6(11)5(3-7-4)8(9)10/h2-3H,11H2,1H3. The molecule has 0 saturated carbocycles. The maximum absolute atomic E-state index is 10.3. The molecule has 0 amide bonds. The number of pyridine rings is 1. The van der Waals surface area contributed by atoms with E-state index in [0.717, 1.165) is 5.69 Å². The lowest BCUT2D eigenvalue weighted by molar-refractivity contribution is -0.383. The van der Waals surface area contributed by atoms with Crippen molar-refractivity contribution >= 4 is 20.2 Å². The van der Waals surface area contributed by atoms with Crippen LogP contribution in [0.1, 0.15) is 5.69 Å². The summed E-state index contributed by atoms with van der Waals surface area (Å²) >= 11 is 0. The molecule has 0 bridgehead atoms. The molecule has 0 spiro atoms. The highest BCUT2D eigenvalue weighted by Crippen LogP contribution is 2.09. The molecule has 0 aromatic carbocycles. The van der Waals surface area contributed by atoms with Crippen molar-refractivity contribution in [3.8, 4) is 0 Å². The number of aromatic nitrogens is 1. The summed E-state index contributed by atoms with van der Waals surface area (Å²) in [6.07, 6.45) is 1.26. The molecule has 0 fully saturated rings. The lowest BCUT2D eigenvalue weighted by atomic mass is 10.3. The minimum atomic E-state index is -0.450. The van der Waals surface area contributed by atoms with Gasteiger partial charge in [-0.1, -0.05) is 9.24 Å². The van der Waals surface area contributed by atoms with E-state index in [4.69, 9.17) is 0 Å². The number of rotatable bonds is 1. The topological polar surface area (TPSA) is 56.0 Å². The maximum Gasteiger partial charge on any atom is 0.294 e. The van der Waals surface area contributed by atoms with E-state index in [-0.39, 0.29) is 5.69 Å². The fourth-order valence-corrected chi connectivity index (χ4v) is 1.15. The average molecular weight is 170 g/mol. The quantitative estimate of drug-likeness (QED) is 0.356. The van der Waals surface area contributed by atoms with Crippen LogP contribution in [0.3, 0.4) is 0 Å². The van der Waals surface area contributed by atoms with Gasteiger partial charge < -0.3 is 0 Å². The number of aryl methyl sites for hydroxylation is 1. The summed E-state index contributed by atoms with van der Waals surface area (Å²) in [5.41, 5.74) is 0.821. The Hall–Kier alpha value is -1.02. The Bertz CT molecular complexity index is 301. The van der Waals surface area contributed by atoms with Crippen molar-refractivity contribution in [2.24, 2.45) is 0 Å². The van der Waals surface area contributed by atoms with Crippen LogP contribution >= 0.6 is 9.24 Å². The smallest absolute Gasteiger partial charge is 0.258 e. The zero-order valence-electron chi connectivity index (χ0n) is 5.94. The van der Waals surface area contributed by atoms with Crippen molar-refractivity contribution in [2.45, 2.75) is 6.92 Å². The SMILES string of the molecule is Cc1cc(P)c([N+](=O)[O-])cn1. The van der Waals surface area contributed by atoms with Crippen LogP contribution in [-0.4, -0.2) is 9.91 Å². The van der Waals surface area contributed by atoms with Gasteiger partial charge in [-0.05, 0) is 13.0 Å². The molecule has 0 N–H and O–H groups in total. The van der Waals surface area contributed by atoms with Gasteiger partial charge >= 0.3 is 0 Å². The Labute approximate surface area is 66.0 Å². The van der Waals surface area contributed by atoms with Crippen molar-refractivity contribution in [1.29, 1.82) is 0 Å². The van der Waals surface area contributed by atoms with E-state index in [1.165, 1.54) is 6.20 Å². The van der Waals surface area contributed by atoms with E-state index in [1.807, 2.05) is 0 Å². The van der Waals surface area contributed by atoms with Gasteiger partial charge in [-0.15, -0.1) is 0 Å². The van der Waals surface area contributed by atoms with E-state index in [0.29, 0.717) is 5.30 Å². The molecule has 1 atom stereocenters. The van der Waals surface area contributed by atoms with Gasteiger partial charge in [0.2, 0.25) is 0 Å². The Balaban J connectivity index is 3.20. The summed E-state index contributed by atoms with van der Waals surface area (Å²) in [7, 11) is 2.31. The normalized spacial score (nSPS) is 9.64. The van der Waals surface area contributed by atoms with Crippen molar-refractivity contribution in [1.82, 2.24) is 4.98 Å². The molecule has 11 heavy (non-hydrogen) atoms. The molecular formula is C6H7N2O2P. The van der Waals surface area contributed by atoms with Gasteiger partial charge in [0.15, 0.2) is 0 Å². The molecule has 1 aromatic heterocycles. The highest BCUT2D eigenvalue weighted by atomic mass is 31.0. The summed E-state index contributed by atoms with van der Waals surface area (Å²) in [6.45, 7) is 1.79. The summed E-state index contributed by atoms with van der Waals surface area (Å²) in [5.74, 6) is 0. The maximum atomic E-state index is 10.3. The molecule has 1 aromatic rings. The van der Waals surface area contributed by atoms with Gasteiger partial charge in [-0.3, -0.25) is 15.1 Å². The Morgan fingerprint density at radius 2 is 2.36 bits per heavy atom. The number of hydrogen-bond acceptors (Lipinski definition) is 3. The van der Waals surface area contributed by atoms with Gasteiger partial charge in [-0.25, -0.2) is 0 Å². The number of hydrogen-bond donors (Lipinski definition) is 0. The van der Waals surface area contributed by atoms with Crippen LogP contribution in [0, 0.1) is 17.0 Å². The summed E-state index contributed by atoms with van der Waals surface area (Å²) < 4.78 is 0.